The normalized spacial score (nSPS) is 16.6. The molecule has 3 N–H and O–H groups in total. The fraction of sp³-hybridized carbons (Fsp3) is 0.429. The zero-order valence-electron chi connectivity index (χ0n) is 6.63. The van der Waals surface area contributed by atoms with Crippen LogP contribution in [0.3, 0.4) is 0 Å². The summed E-state index contributed by atoms with van der Waals surface area (Å²) in [6, 6.07) is 0. The maximum Gasteiger partial charge on any atom is 0.334 e. The third-order valence-electron chi connectivity index (χ3n) is 1.43. The standard InChI is InChI=1S/C7H13O4P/c1-3-5-6(8)7(4-2)12(9,10)11/h3-4,6-8H,1-2,5H2,(H2,9,10,11). The van der Waals surface area contributed by atoms with E-state index in [0.29, 0.717) is 0 Å². The van der Waals surface area contributed by atoms with Gasteiger partial charge < -0.3 is 14.9 Å². The molecule has 0 aliphatic rings. The van der Waals surface area contributed by atoms with Crippen molar-refractivity contribution in [2.24, 2.45) is 0 Å². The van der Waals surface area contributed by atoms with Crippen molar-refractivity contribution < 1.29 is 19.5 Å². The molecule has 0 fully saturated rings. The van der Waals surface area contributed by atoms with Crippen molar-refractivity contribution in [3.63, 3.8) is 0 Å². The number of hydrogen-bond acceptors (Lipinski definition) is 2. The van der Waals surface area contributed by atoms with E-state index < -0.39 is 19.4 Å². The fourth-order valence-corrected chi connectivity index (χ4v) is 1.67. The van der Waals surface area contributed by atoms with Crippen LogP contribution in [0, 0.1) is 0 Å². The lowest BCUT2D eigenvalue weighted by Gasteiger charge is -2.18. The number of rotatable bonds is 5. The molecule has 0 rings (SSSR count). The molecular formula is C7H13O4P. The molecule has 70 valence electrons. The first kappa shape index (κ1) is 11.6. The molecule has 0 heterocycles. The van der Waals surface area contributed by atoms with Crippen LogP contribution in [0.4, 0.5) is 0 Å². The molecule has 0 amide bonds. The molecule has 0 radical (unpaired) electrons. The summed E-state index contributed by atoms with van der Waals surface area (Å²) in [6.45, 7) is 6.60. The fourth-order valence-electron chi connectivity index (χ4n) is 0.829. The van der Waals surface area contributed by atoms with E-state index in [4.69, 9.17) is 9.79 Å². The molecule has 12 heavy (non-hydrogen) atoms. The van der Waals surface area contributed by atoms with Gasteiger partial charge in [0.2, 0.25) is 0 Å². The van der Waals surface area contributed by atoms with Gasteiger partial charge >= 0.3 is 7.60 Å². The Morgan fingerprint density at radius 2 is 1.92 bits per heavy atom. The summed E-state index contributed by atoms with van der Waals surface area (Å²) in [5.41, 5.74) is -1.20. The third kappa shape index (κ3) is 3.32. The Labute approximate surface area is 71.4 Å². The van der Waals surface area contributed by atoms with Crippen LogP contribution in [0.15, 0.2) is 25.3 Å². The van der Waals surface area contributed by atoms with Gasteiger partial charge in [0.1, 0.15) is 5.66 Å². The van der Waals surface area contributed by atoms with E-state index in [-0.39, 0.29) is 6.42 Å². The van der Waals surface area contributed by atoms with Crippen LogP contribution in [0.25, 0.3) is 0 Å². The van der Waals surface area contributed by atoms with Gasteiger partial charge in [-0.05, 0) is 6.42 Å². The molecule has 0 spiro atoms. The van der Waals surface area contributed by atoms with Gasteiger partial charge in [-0.3, -0.25) is 4.57 Å². The quantitative estimate of drug-likeness (QED) is 0.441. The summed E-state index contributed by atoms with van der Waals surface area (Å²) in [6.07, 6.45) is 1.49. The summed E-state index contributed by atoms with van der Waals surface area (Å²) in [5.74, 6) is 0. The first-order valence-electron chi connectivity index (χ1n) is 3.40. The Kier molecular flexibility index (Phi) is 4.42. The summed E-state index contributed by atoms with van der Waals surface area (Å²) in [7, 11) is -4.28. The predicted molar refractivity (Wildman–Crippen MR) is 46.8 cm³/mol. The molecule has 2 unspecified atom stereocenters. The zero-order valence-corrected chi connectivity index (χ0v) is 7.52. The smallest absolute Gasteiger partial charge is 0.334 e. The number of aliphatic hydroxyl groups excluding tert-OH is 1. The van der Waals surface area contributed by atoms with Crippen LogP contribution in [0.5, 0.6) is 0 Å². The largest absolute Gasteiger partial charge is 0.392 e. The van der Waals surface area contributed by atoms with Gasteiger partial charge in [0.05, 0.1) is 6.10 Å². The van der Waals surface area contributed by atoms with Crippen LogP contribution in [0.2, 0.25) is 0 Å². The topological polar surface area (TPSA) is 77.8 Å². The van der Waals surface area contributed by atoms with E-state index in [9.17, 15) is 9.67 Å². The van der Waals surface area contributed by atoms with Crippen molar-refractivity contribution in [2.45, 2.75) is 18.2 Å². The van der Waals surface area contributed by atoms with Crippen molar-refractivity contribution >= 4 is 7.60 Å². The Bertz CT molecular complexity index is 207. The highest BCUT2D eigenvalue weighted by Gasteiger charge is 2.31. The molecule has 0 aliphatic carbocycles. The van der Waals surface area contributed by atoms with Gasteiger partial charge in [-0.15, -0.1) is 13.2 Å². The highest BCUT2D eigenvalue weighted by Crippen LogP contribution is 2.44. The highest BCUT2D eigenvalue weighted by atomic mass is 31.2. The maximum atomic E-state index is 10.7. The molecule has 0 saturated carbocycles. The van der Waals surface area contributed by atoms with E-state index in [0.717, 1.165) is 6.08 Å². The van der Waals surface area contributed by atoms with Crippen LogP contribution >= 0.6 is 7.60 Å². The second kappa shape index (κ2) is 4.58. The van der Waals surface area contributed by atoms with Gasteiger partial charge in [0, 0.05) is 0 Å². The Balaban J connectivity index is 4.44. The van der Waals surface area contributed by atoms with Gasteiger partial charge in [-0.2, -0.15) is 0 Å². The average Bonchev–Trinajstić information content (AvgIpc) is 1.85. The van der Waals surface area contributed by atoms with Crippen molar-refractivity contribution in [2.75, 3.05) is 0 Å². The zero-order chi connectivity index (χ0) is 9.78. The van der Waals surface area contributed by atoms with Gasteiger partial charge in [0.15, 0.2) is 0 Å². The van der Waals surface area contributed by atoms with E-state index >= 15 is 0 Å². The van der Waals surface area contributed by atoms with Gasteiger partial charge in [-0.25, -0.2) is 0 Å². The lowest BCUT2D eigenvalue weighted by atomic mass is 10.2. The molecule has 5 heteroatoms. The van der Waals surface area contributed by atoms with Crippen LogP contribution in [-0.2, 0) is 4.57 Å². The lowest BCUT2D eigenvalue weighted by Crippen LogP contribution is -2.23. The third-order valence-corrected chi connectivity index (χ3v) is 2.76. The summed E-state index contributed by atoms with van der Waals surface area (Å²) in [5, 5.41) is 9.21. The molecular weight excluding hydrogens is 179 g/mol. The van der Waals surface area contributed by atoms with Crippen molar-refractivity contribution in [3.05, 3.63) is 25.3 Å². The monoisotopic (exact) mass is 192 g/mol. The predicted octanol–water partition coefficient (Wildman–Crippen LogP) is 0.656. The minimum Gasteiger partial charge on any atom is -0.392 e. The van der Waals surface area contributed by atoms with Crippen LogP contribution in [-0.4, -0.2) is 26.7 Å². The van der Waals surface area contributed by atoms with E-state index in [2.05, 4.69) is 13.2 Å². The minimum absolute atomic E-state index is 0.141. The summed E-state index contributed by atoms with van der Waals surface area (Å²) in [4.78, 5) is 17.4. The molecule has 0 saturated heterocycles. The minimum atomic E-state index is -4.28. The van der Waals surface area contributed by atoms with Crippen LogP contribution < -0.4 is 0 Å². The second-order valence-corrected chi connectivity index (χ2v) is 4.18. The van der Waals surface area contributed by atoms with E-state index in [1.807, 2.05) is 0 Å². The van der Waals surface area contributed by atoms with Gasteiger partial charge in [0.25, 0.3) is 0 Å². The molecule has 0 aromatic carbocycles. The second-order valence-electron chi connectivity index (χ2n) is 2.41. The average molecular weight is 192 g/mol. The molecule has 0 aliphatic heterocycles. The summed E-state index contributed by atoms with van der Waals surface area (Å²) < 4.78 is 10.7. The molecule has 0 aromatic heterocycles. The maximum absolute atomic E-state index is 10.7. The molecule has 4 nitrogen and oxygen atoms in total. The SMILES string of the molecule is C=CCC(O)C(C=C)P(=O)(O)O. The number of aliphatic hydroxyl groups is 1. The van der Waals surface area contributed by atoms with Crippen LogP contribution in [0.1, 0.15) is 6.42 Å². The van der Waals surface area contributed by atoms with Crippen molar-refractivity contribution in [3.8, 4) is 0 Å². The molecule has 2 atom stereocenters. The Morgan fingerprint density at radius 1 is 1.42 bits per heavy atom. The molecule has 0 aromatic rings. The van der Waals surface area contributed by atoms with Gasteiger partial charge in [-0.1, -0.05) is 12.2 Å². The summed E-state index contributed by atoms with van der Waals surface area (Å²) >= 11 is 0. The van der Waals surface area contributed by atoms with Crippen molar-refractivity contribution in [1.82, 2.24) is 0 Å². The van der Waals surface area contributed by atoms with E-state index in [1.165, 1.54) is 6.08 Å². The lowest BCUT2D eigenvalue weighted by molar-refractivity contribution is 0.172. The highest BCUT2D eigenvalue weighted by molar-refractivity contribution is 7.52. The van der Waals surface area contributed by atoms with Crippen molar-refractivity contribution in [1.29, 1.82) is 0 Å². The Morgan fingerprint density at radius 3 is 2.17 bits per heavy atom. The number of hydrogen-bond donors (Lipinski definition) is 3. The van der Waals surface area contributed by atoms with E-state index in [1.54, 1.807) is 0 Å². The Hall–Kier alpha value is -0.410. The first-order valence-corrected chi connectivity index (χ1v) is 5.08. The molecule has 0 bridgehead atoms. The first-order chi connectivity index (χ1) is 5.43.